The molecule has 0 aromatic heterocycles. The first-order valence-electron chi connectivity index (χ1n) is 7.46. The topological polar surface area (TPSA) is 34.1 Å². The summed E-state index contributed by atoms with van der Waals surface area (Å²) in [5.41, 5.74) is 1.86. The molecule has 1 fully saturated rings. The molecule has 0 N–H and O–H groups in total. The van der Waals surface area contributed by atoms with Gasteiger partial charge in [-0.05, 0) is 42.2 Å². The minimum Gasteiger partial charge on any atom is -0.294 e. The lowest BCUT2D eigenvalue weighted by molar-refractivity contribution is -0.126. The van der Waals surface area contributed by atoms with E-state index >= 15 is 0 Å². The normalized spacial score (nSPS) is 38.4. The van der Waals surface area contributed by atoms with Gasteiger partial charge in [-0.15, -0.1) is 0 Å². The molecule has 0 saturated heterocycles. The second kappa shape index (κ2) is 3.91. The number of benzene rings is 1. The molecule has 3 aliphatic rings. The summed E-state index contributed by atoms with van der Waals surface area (Å²) in [6, 6.07) is 8.03. The molecular formula is C18H18O2. The highest BCUT2D eigenvalue weighted by atomic mass is 16.1. The van der Waals surface area contributed by atoms with Crippen molar-refractivity contribution in [3.8, 4) is 0 Å². The third-order valence-corrected chi connectivity index (χ3v) is 5.79. The van der Waals surface area contributed by atoms with E-state index in [9.17, 15) is 9.59 Å². The Morgan fingerprint density at radius 2 is 2.00 bits per heavy atom. The van der Waals surface area contributed by atoms with Gasteiger partial charge in [-0.1, -0.05) is 37.3 Å². The van der Waals surface area contributed by atoms with Crippen molar-refractivity contribution in [2.75, 3.05) is 0 Å². The summed E-state index contributed by atoms with van der Waals surface area (Å²) in [5.74, 6) is 1.49. The van der Waals surface area contributed by atoms with Gasteiger partial charge in [-0.25, -0.2) is 0 Å². The number of Topliss-reactive ketones (excluding diaryl/α,β-unsaturated/α-hetero) is 1. The van der Waals surface area contributed by atoms with Crippen molar-refractivity contribution in [3.63, 3.8) is 0 Å². The molecule has 0 bridgehead atoms. The molecule has 2 nitrogen and oxygen atoms in total. The first-order valence-corrected chi connectivity index (χ1v) is 7.46. The average Bonchev–Trinajstić information content (AvgIpc) is 2.76. The fourth-order valence-electron chi connectivity index (χ4n) is 4.64. The first-order chi connectivity index (χ1) is 9.61. The zero-order chi connectivity index (χ0) is 13.9. The Morgan fingerprint density at radius 3 is 2.85 bits per heavy atom. The van der Waals surface area contributed by atoms with Crippen molar-refractivity contribution in [2.45, 2.75) is 32.1 Å². The smallest absolute Gasteiger partial charge is 0.163 e. The Bertz CT molecular complexity index is 643. The molecule has 0 unspecified atom stereocenters. The van der Waals surface area contributed by atoms with Crippen molar-refractivity contribution in [2.24, 2.45) is 17.3 Å². The van der Waals surface area contributed by atoms with Gasteiger partial charge in [0.15, 0.2) is 11.6 Å². The van der Waals surface area contributed by atoms with Crippen LogP contribution in [0.15, 0.2) is 36.4 Å². The van der Waals surface area contributed by atoms with Crippen LogP contribution in [0.25, 0.3) is 0 Å². The van der Waals surface area contributed by atoms with Gasteiger partial charge < -0.3 is 0 Å². The minimum atomic E-state index is -0.256. The third-order valence-electron chi connectivity index (χ3n) is 5.79. The fraction of sp³-hybridized carbons (Fsp3) is 0.444. The lowest BCUT2D eigenvalue weighted by Crippen LogP contribution is -2.44. The Kier molecular flexibility index (Phi) is 2.36. The molecule has 1 saturated carbocycles. The minimum absolute atomic E-state index is 0.242. The molecule has 0 amide bonds. The van der Waals surface area contributed by atoms with Crippen LogP contribution in [0.4, 0.5) is 0 Å². The van der Waals surface area contributed by atoms with Gasteiger partial charge in [0.25, 0.3) is 0 Å². The second-order valence-electron chi connectivity index (χ2n) is 6.69. The van der Waals surface area contributed by atoms with Crippen molar-refractivity contribution in [1.29, 1.82) is 0 Å². The molecular weight excluding hydrogens is 248 g/mol. The predicted octanol–water partition coefficient (Wildman–Crippen LogP) is 3.53. The molecule has 4 rings (SSSR count). The van der Waals surface area contributed by atoms with E-state index in [-0.39, 0.29) is 22.9 Å². The highest BCUT2D eigenvalue weighted by Crippen LogP contribution is 2.57. The zero-order valence-corrected chi connectivity index (χ0v) is 11.6. The molecule has 1 aromatic rings. The van der Waals surface area contributed by atoms with Crippen molar-refractivity contribution >= 4 is 11.6 Å². The number of rotatable bonds is 0. The molecule has 0 spiro atoms. The lowest BCUT2D eigenvalue weighted by atomic mass is 9.55. The maximum Gasteiger partial charge on any atom is 0.163 e. The Labute approximate surface area is 118 Å². The molecule has 3 aliphatic carbocycles. The SMILES string of the molecule is C[C@]12CC[C@@H]3c4ccccc4C(=O)C[C@H]3[C@@H]1C=CC2=O. The molecule has 2 heteroatoms. The van der Waals surface area contributed by atoms with E-state index in [0.29, 0.717) is 18.3 Å². The fourth-order valence-corrected chi connectivity index (χ4v) is 4.64. The predicted molar refractivity (Wildman–Crippen MR) is 76.6 cm³/mol. The largest absolute Gasteiger partial charge is 0.294 e. The number of fused-ring (bicyclic) bond motifs is 5. The van der Waals surface area contributed by atoms with Gasteiger partial charge in [0.2, 0.25) is 0 Å². The lowest BCUT2D eigenvalue weighted by Gasteiger charge is -2.47. The molecule has 0 radical (unpaired) electrons. The Balaban J connectivity index is 1.81. The highest BCUT2D eigenvalue weighted by molar-refractivity contribution is 6.00. The van der Waals surface area contributed by atoms with Gasteiger partial charge in [0.1, 0.15) is 0 Å². The first kappa shape index (κ1) is 12.1. The van der Waals surface area contributed by atoms with Gasteiger partial charge in [-0.3, -0.25) is 9.59 Å². The van der Waals surface area contributed by atoms with Crippen molar-refractivity contribution < 1.29 is 9.59 Å². The summed E-state index contributed by atoms with van der Waals surface area (Å²) >= 11 is 0. The van der Waals surface area contributed by atoms with Crippen LogP contribution in [0.1, 0.15) is 48.0 Å². The van der Waals surface area contributed by atoms with E-state index in [1.165, 1.54) is 5.56 Å². The molecule has 102 valence electrons. The van der Waals surface area contributed by atoms with E-state index in [1.807, 2.05) is 18.2 Å². The second-order valence-corrected chi connectivity index (χ2v) is 6.69. The average molecular weight is 266 g/mol. The highest BCUT2D eigenvalue weighted by Gasteiger charge is 2.53. The number of carbonyl (C=O) groups excluding carboxylic acids is 2. The number of hydrogen-bond acceptors (Lipinski definition) is 2. The molecule has 4 atom stereocenters. The maximum absolute atomic E-state index is 12.4. The standard InChI is InChI=1S/C18H18O2/c1-18-9-8-12-11-4-2-3-5-13(11)16(19)10-14(12)15(18)6-7-17(18)20/h2-7,12,14-15H,8-10H2,1H3/t12-,14-,15+,18+/m1/s1. The number of ketones is 2. The van der Waals surface area contributed by atoms with Crippen molar-refractivity contribution in [1.82, 2.24) is 0 Å². The summed E-state index contributed by atoms with van der Waals surface area (Å²) in [5, 5.41) is 0. The summed E-state index contributed by atoms with van der Waals surface area (Å²) in [7, 11) is 0. The van der Waals surface area contributed by atoms with Crippen LogP contribution in [-0.4, -0.2) is 11.6 Å². The van der Waals surface area contributed by atoms with Crippen LogP contribution in [-0.2, 0) is 4.79 Å². The molecule has 0 heterocycles. The van der Waals surface area contributed by atoms with E-state index in [2.05, 4.69) is 19.1 Å². The number of hydrogen-bond donors (Lipinski definition) is 0. The Hall–Kier alpha value is -1.70. The van der Waals surface area contributed by atoms with Crippen LogP contribution in [0, 0.1) is 17.3 Å². The monoisotopic (exact) mass is 266 g/mol. The van der Waals surface area contributed by atoms with E-state index in [0.717, 1.165) is 18.4 Å². The van der Waals surface area contributed by atoms with Crippen LogP contribution in [0.3, 0.4) is 0 Å². The van der Waals surface area contributed by atoms with E-state index < -0.39 is 0 Å². The van der Waals surface area contributed by atoms with Crippen LogP contribution < -0.4 is 0 Å². The Morgan fingerprint density at radius 1 is 1.20 bits per heavy atom. The number of carbonyl (C=O) groups is 2. The molecule has 1 aromatic carbocycles. The summed E-state index contributed by atoms with van der Waals surface area (Å²) < 4.78 is 0. The summed E-state index contributed by atoms with van der Waals surface area (Å²) in [4.78, 5) is 24.6. The maximum atomic E-state index is 12.4. The van der Waals surface area contributed by atoms with E-state index in [4.69, 9.17) is 0 Å². The van der Waals surface area contributed by atoms with Crippen LogP contribution in [0.2, 0.25) is 0 Å². The molecule has 20 heavy (non-hydrogen) atoms. The van der Waals surface area contributed by atoms with Gasteiger partial charge in [-0.2, -0.15) is 0 Å². The van der Waals surface area contributed by atoms with Gasteiger partial charge in [0.05, 0.1) is 0 Å². The van der Waals surface area contributed by atoms with Gasteiger partial charge >= 0.3 is 0 Å². The third kappa shape index (κ3) is 1.39. The van der Waals surface area contributed by atoms with Gasteiger partial charge in [0, 0.05) is 17.4 Å². The van der Waals surface area contributed by atoms with Crippen LogP contribution >= 0.6 is 0 Å². The van der Waals surface area contributed by atoms with E-state index in [1.54, 1.807) is 6.08 Å². The quantitative estimate of drug-likeness (QED) is 0.720. The zero-order valence-electron chi connectivity index (χ0n) is 11.6. The van der Waals surface area contributed by atoms with Crippen LogP contribution in [0.5, 0.6) is 0 Å². The summed E-state index contributed by atoms with van der Waals surface area (Å²) in [6.07, 6.45) is 6.38. The number of allylic oxidation sites excluding steroid dienone is 2. The molecule has 0 aliphatic heterocycles. The van der Waals surface area contributed by atoms with Crippen molar-refractivity contribution in [3.05, 3.63) is 47.5 Å². The summed E-state index contributed by atoms with van der Waals surface area (Å²) in [6.45, 7) is 2.08.